The number of hydrogen-bond acceptors (Lipinski definition) is 6. The predicted octanol–water partition coefficient (Wildman–Crippen LogP) is 4.29. The molecule has 4 aromatic rings. The van der Waals surface area contributed by atoms with Crippen LogP contribution in [0.5, 0.6) is 5.75 Å². The lowest BCUT2D eigenvalue weighted by molar-refractivity contribution is -0.153. The minimum atomic E-state index is -0.934. The number of aromatic nitrogens is 4. The van der Waals surface area contributed by atoms with Gasteiger partial charge in [0.1, 0.15) is 0 Å². The van der Waals surface area contributed by atoms with Gasteiger partial charge in [-0.05, 0) is 43.9 Å². The van der Waals surface area contributed by atoms with Crippen LogP contribution in [-0.2, 0) is 14.3 Å². The summed E-state index contributed by atoms with van der Waals surface area (Å²) in [7, 11) is 1.45. The van der Waals surface area contributed by atoms with Gasteiger partial charge in [-0.1, -0.05) is 0 Å². The number of aromatic amines is 1. The number of nitrogens with one attached hydrogen (secondary N) is 1. The van der Waals surface area contributed by atoms with E-state index in [-0.39, 0.29) is 17.6 Å². The first-order valence-electron chi connectivity index (χ1n) is 12.2. The van der Waals surface area contributed by atoms with Gasteiger partial charge in [-0.3, -0.25) is 5.10 Å². The number of benzene rings is 1. The van der Waals surface area contributed by atoms with Gasteiger partial charge in [0, 0.05) is 53.4 Å². The molecule has 0 aliphatic carbocycles. The van der Waals surface area contributed by atoms with E-state index in [0.717, 1.165) is 46.2 Å². The Balaban J connectivity index is 1.62. The van der Waals surface area contributed by atoms with Crippen molar-refractivity contribution in [2.45, 2.75) is 43.6 Å². The molecule has 0 spiro atoms. The van der Waals surface area contributed by atoms with Crippen LogP contribution in [0.15, 0.2) is 30.5 Å². The second-order valence-corrected chi connectivity index (χ2v) is 9.44. The van der Waals surface area contributed by atoms with Crippen LogP contribution in [-0.4, -0.2) is 63.9 Å². The van der Waals surface area contributed by atoms with E-state index in [1.807, 2.05) is 6.07 Å². The topological polar surface area (TPSA) is 111 Å². The second kappa shape index (κ2) is 9.18. The van der Waals surface area contributed by atoms with Gasteiger partial charge in [0.05, 0.1) is 30.9 Å². The summed E-state index contributed by atoms with van der Waals surface area (Å²) in [4.78, 5) is 16.5. The Hall–Kier alpha value is -3.50. The Kier molecular flexibility index (Phi) is 5.85. The lowest BCUT2D eigenvalue weighted by Crippen LogP contribution is -2.32. The van der Waals surface area contributed by atoms with Crippen LogP contribution in [0.1, 0.15) is 48.8 Å². The summed E-state index contributed by atoms with van der Waals surface area (Å²) >= 11 is 0. The van der Waals surface area contributed by atoms with E-state index >= 15 is 0 Å². The van der Waals surface area contributed by atoms with Crippen LogP contribution in [0.3, 0.4) is 0 Å². The van der Waals surface area contributed by atoms with Gasteiger partial charge in [-0.2, -0.15) is 5.10 Å². The molecule has 2 saturated heterocycles. The van der Waals surface area contributed by atoms with Crippen molar-refractivity contribution < 1.29 is 28.5 Å². The number of fused-ring (bicyclic) bond motifs is 2. The summed E-state index contributed by atoms with van der Waals surface area (Å²) in [5.74, 6) is -1.04. The van der Waals surface area contributed by atoms with Crippen LogP contribution in [0.25, 0.3) is 27.8 Å². The van der Waals surface area contributed by atoms with Gasteiger partial charge in [0.15, 0.2) is 23.3 Å². The number of carboxylic acid groups (broad SMARTS) is 1. The number of halogens is 1. The molecule has 6 rings (SSSR count). The number of H-pyrrole nitrogens is 1. The van der Waals surface area contributed by atoms with E-state index in [1.54, 1.807) is 18.3 Å². The fraction of sp³-hybridized carbons (Fsp3) is 0.423. The molecular formula is C26H27FN4O5. The highest BCUT2D eigenvalue weighted by atomic mass is 19.1. The molecule has 3 aromatic heterocycles. The van der Waals surface area contributed by atoms with Gasteiger partial charge in [-0.25, -0.2) is 14.2 Å². The van der Waals surface area contributed by atoms with Crippen molar-refractivity contribution in [2.75, 3.05) is 26.9 Å². The maximum atomic E-state index is 14.4. The highest BCUT2D eigenvalue weighted by Crippen LogP contribution is 2.44. The highest BCUT2D eigenvalue weighted by Gasteiger charge is 2.35. The van der Waals surface area contributed by atoms with E-state index in [0.29, 0.717) is 38.3 Å². The Morgan fingerprint density at radius 3 is 2.75 bits per heavy atom. The first-order chi connectivity index (χ1) is 17.5. The minimum absolute atomic E-state index is 0.0302. The quantitative estimate of drug-likeness (QED) is 0.426. The van der Waals surface area contributed by atoms with Crippen molar-refractivity contribution in [3.05, 3.63) is 47.5 Å². The van der Waals surface area contributed by atoms with Gasteiger partial charge in [0.25, 0.3) is 0 Å². The lowest BCUT2D eigenvalue weighted by Gasteiger charge is -2.30. The fourth-order valence-corrected chi connectivity index (χ4v) is 5.62. The van der Waals surface area contributed by atoms with Gasteiger partial charge in [-0.15, -0.1) is 0 Å². The molecular weight excluding hydrogens is 467 g/mol. The molecule has 0 bridgehead atoms. The van der Waals surface area contributed by atoms with Crippen molar-refractivity contribution >= 4 is 28.0 Å². The zero-order valence-corrected chi connectivity index (χ0v) is 19.9. The number of ether oxygens (including phenoxy) is 3. The Bertz CT molecular complexity index is 1430. The average molecular weight is 495 g/mol. The zero-order valence-electron chi connectivity index (χ0n) is 19.9. The Morgan fingerprint density at radius 2 is 2.03 bits per heavy atom. The monoisotopic (exact) mass is 494 g/mol. The van der Waals surface area contributed by atoms with E-state index in [9.17, 15) is 14.3 Å². The molecule has 2 atom stereocenters. The molecule has 2 fully saturated rings. The smallest absolute Gasteiger partial charge is 0.332 e. The molecule has 10 heteroatoms. The van der Waals surface area contributed by atoms with Crippen molar-refractivity contribution in [2.24, 2.45) is 0 Å². The van der Waals surface area contributed by atoms with Gasteiger partial charge < -0.3 is 23.9 Å². The number of methoxy groups -OCH3 is 1. The number of carboxylic acids is 1. The Morgan fingerprint density at radius 1 is 1.19 bits per heavy atom. The number of carbonyl (C=O) groups is 1. The summed E-state index contributed by atoms with van der Waals surface area (Å²) in [6, 6.07) is 6.92. The van der Waals surface area contributed by atoms with E-state index in [2.05, 4.69) is 14.8 Å². The van der Waals surface area contributed by atoms with Crippen LogP contribution < -0.4 is 4.74 Å². The SMILES string of the molecule is COc1cc(-n2c(C3CCOCC3)c([C@H]3CC[C@H](C(=O)O)OC3)c3nc4[nH]ncc4cc32)ccc1F. The summed E-state index contributed by atoms with van der Waals surface area (Å²) < 4.78 is 33.3. The third kappa shape index (κ3) is 3.81. The molecule has 2 N–H and O–H groups in total. The van der Waals surface area contributed by atoms with Gasteiger partial charge in [0.2, 0.25) is 0 Å². The lowest BCUT2D eigenvalue weighted by atomic mass is 9.85. The average Bonchev–Trinajstić information content (AvgIpc) is 3.50. The largest absolute Gasteiger partial charge is 0.494 e. The molecule has 2 aliphatic rings. The maximum absolute atomic E-state index is 14.4. The van der Waals surface area contributed by atoms with Crippen LogP contribution >= 0.6 is 0 Å². The zero-order chi connectivity index (χ0) is 24.8. The molecule has 188 valence electrons. The molecule has 5 heterocycles. The normalized spacial score (nSPS) is 21.3. The molecule has 0 unspecified atom stereocenters. The molecule has 0 radical (unpaired) electrons. The third-order valence-corrected chi connectivity index (χ3v) is 7.38. The number of pyridine rings is 1. The summed E-state index contributed by atoms with van der Waals surface area (Å²) in [6.45, 7) is 1.60. The first kappa shape index (κ1) is 22.9. The standard InChI is InChI=1S/C26H27FN4O5/c1-34-21-11-17(3-4-18(21)27)31-19-10-16-12-28-30-25(16)29-23(19)22(24(31)14-6-8-35-9-7-14)15-2-5-20(26(32)33)36-13-15/h3-4,10-12,14-15,20H,2,5-9,13H2,1H3,(H,32,33)(H,28,29,30)/t15-,20+/m0/s1. The summed E-state index contributed by atoms with van der Waals surface area (Å²) in [5.41, 5.74) is 5.30. The third-order valence-electron chi connectivity index (χ3n) is 7.38. The predicted molar refractivity (Wildman–Crippen MR) is 129 cm³/mol. The molecule has 0 amide bonds. The minimum Gasteiger partial charge on any atom is -0.494 e. The van der Waals surface area contributed by atoms with Crippen molar-refractivity contribution in [3.8, 4) is 11.4 Å². The van der Waals surface area contributed by atoms with Crippen LogP contribution in [0.4, 0.5) is 4.39 Å². The number of hydrogen-bond donors (Lipinski definition) is 2. The van der Waals surface area contributed by atoms with Crippen LogP contribution in [0, 0.1) is 5.82 Å². The van der Waals surface area contributed by atoms with Crippen molar-refractivity contribution in [1.29, 1.82) is 0 Å². The first-order valence-corrected chi connectivity index (χ1v) is 12.2. The maximum Gasteiger partial charge on any atom is 0.332 e. The highest BCUT2D eigenvalue weighted by molar-refractivity contribution is 5.93. The molecule has 2 aliphatic heterocycles. The summed E-state index contributed by atoms with van der Waals surface area (Å²) in [5, 5.41) is 17.4. The van der Waals surface area contributed by atoms with Gasteiger partial charge >= 0.3 is 5.97 Å². The van der Waals surface area contributed by atoms with Crippen molar-refractivity contribution in [3.63, 3.8) is 0 Å². The Labute approximate surface area is 206 Å². The van der Waals surface area contributed by atoms with Crippen LogP contribution in [0.2, 0.25) is 0 Å². The number of rotatable bonds is 5. The van der Waals surface area contributed by atoms with Crippen molar-refractivity contribution in [1.82, 2.24) is 19.7 Å². The summed E-state index contributed by atoms with van der Waals surface area (Å²) in [6.07, 6.45) is 3.71. The molecule has 9 nitrogen and oxygen atoms in total. The fourth-order valence-electron chi connectivity index (χ4n) is 5.62. The molecule has 1 aromatic carbocycles. The number of aliphatic carboxylic acids is 1. The number of nitrogens with zero attached hydrogens (tertiary/aromatic N) is 3. The van der Waals surface area contributed by atoms with E-state index in [4.69, 9.17) is 19.2 Å². The van der Waals surface area contributed by atoms with E-state index in [1.165, 1.54) is 13.2 Å². The molecule has 0 saturated carbocycles. The second-order valence-electron chi connectivity index (χ2n) is 9.44. The van der Waals surface area contributed by atoms with E-state index < -0.39 is 17.9 Å². The molecule has 36 heavy (non-hydrogen) atoms.